The lowest BCUT2D eigenvalue weighted by Gasteiger charge is -2.28. The maximum Gasteiger partial charge on any atom is 0.279 e. The molecular weight excluding hydrogens is 274 g/mol. The zero-order valence-electron chi connectivity index (χ0n) is 12.1. The van der Waals surface area contributed by atoms with Crippen LogP contribution in [0.1, 0.15) is 43.4 Å². The van der Waals surface area contributed by atoms with Crippen LogP contribution in [-0.4, -0.2) is 26.3 Å². The number of fused-ring (bicyclic) bond motifs is 1. The largest absolute Gasteiger partial charge is 0.399 e. The summed E-state index contributed by atoms with van der Waals surface area (Å²) in [6, 6.07) is 5.58. The third-order valence-electron chi connectivity index (χ3n) is 3.72. The Kier molecular flexibility index (Phi) is 4.67. The molecule has 0 aliphatic heterocycles. The molecule has 0 saturated heterocycles. The van der Waals surface area contributed by atoms with Crippen LogP contribution < -0.4 is 10.5 Å². The van der Waals surface area contributed by atoms with Gasteiger partial charge in [-0.2, -0.15) is 17.4 Å². The zero-order valence-corrected chi connectivity index (χ0v) is 12.9. The summed E-state index contributed by atoms with van der Waals surface area (Å²) >= 11 is 0. The number of hydrogen-bond acceptors (Lipinski definition) is 3. The normalized spacial score (nSPS) is 19.1. The first kappa shape index (κ1) is 15.3. The molecule has 112 valence electrons. The second-order valence-electron chi connectivity index (χ2n) is 5.35. The van der Waals surface area contributed by atoms with Crippen LogP contribution in [0.4, 0.5) is 5.69 Å². The van der Waals surface area contributed by atoms with E-state index >= 15 is 0 Å². The van der Waals surface area contributed by atoms with Crippen molar-refractivity contribution in [3.8, 4) is 0 Å². The van der Waals surface area contributed by atoms with Crippen molar-refractivity contribution >= 4 is 15.9 Å². The number of nitrogens with two attached hydrogens (primary N) is 1. The van der Waals surface area contributed by atoms with E-state index in [1.165, 1.54) is 4.31 Å². The third kappa shape index (κ3) is 3.31. The average Bonchev–Trinajstić information content (AvgIpc) is 2.38. The second-order valence-corrected chi connectivity index (χ2v) is 7.16. The number of aryl methyl sites for hydroxylation is 1. The van der Waals surface area contributed by atoms with Crippen molar-refractivity contribution in [3.05, 3.63) is 29.3 Å². The summed E-state index contributed by atoms with van der Waals surface area (Å²) in [5.74, 6) is 0. The van der Waals surface area contributed by atoms with Crippen molar-refractivity contribution in [2.24, 2.45) is 0 Å². The van der Waals surface area contributed by atoms with Crippen LogP contribution in [-0.2, 0) is 16.6 Å². The smallest absolute Gasteiger partial charge is 0.279 e. The Bertz CT molecular complexity index is 572. The van der Waals surface area contributed by atoms with Gasteiger partial charge in [-0.25, -0.2) is 0 Å². The summed E-state index contributed by atoms with van der Waals surface area (Å²) in [6.07, 6.45) is 3.57. The maximum absolute atomic E-state index is 12.3. The van der Waals surface area contributed by atoms with Crippen molar-refractivity contribution in [1.82, 2.24) is 9.03 Å². The summed E-state index contributed by atoms with van der Waals surface area (Å²) in [5.41, 5.74) is 8.74. The van der Waals surface area contributed by atoms with Gasteiger partial charge >= 0.3 is 0 Å². The Morgan fingerprint density at radius 2 is 2.20 bits per heavy atom. The van der Waals surface area contributed by atoms with Gasteiger partial charge < -0.3 is 5.73 Å². The van der Waals surface area contributed by atoms with Gasteiger partial charge in [-0.3, -0.25) is 0 Å². The number of nitrogens with one attached hydrogen (secondary N) is 1. The van der Waals surface area contributed by atoms with E-state index in [1.807, 2.05) is 25.1 Å². The second kappa shape index (κ2) is 6.11. The van der Waals surface area contributed by atoms with E-state index in [1.54, 1.807) is 7.05 Å². The van der Waals surface area contributed by atoms with Crippen LogP contribution in [0.25, 0.3) is 0 Å². The monoisotopic (exact) mass is 297 g/mol. The number of hydrogen-bond donors (Lipinski definition) is 2. The Morgan fingerprint density at radius 1 is 1.45 bits per heavy atom. The molecule has 1 unspecified atom stereocenters. The Hall–Kier alpha value is -1.11. The van der Waals surface area contributed by atoms with E-state index in [9.17, 15) is 8.42 Å². The van der Waals surface area contributed by atoms with Crippen LogP contribution in [0.2, 0.25) is 0 Å². The quantitative estimate of drug-likeness (QED) is 0.814. The number of anilines is 1. The molecule has 5 nitrogen and oxygen atoms in total. The van der Waals surface area contributed by atoms with E-state index in [4.69, 9.17) is 5.73 Å². The van der Waals surface area contributed by atoms with Crippen molar-refractivity contribution in [2.75, 3.05) is 19.3 Å². The van der Waals surface area contributed by atoms with Crippen molar-refractivity contribution in [2.45, 2.75) is 38.6 Å². The lowest BCUT2D eigenvalue weighted by Crippen LogP contribution is -2.41. The Balaban J connectivity index is 2.20. The van der Waals surface area contributed by atoms with E-state index in [2.05, 4.69) is 4.72 Å². The number of nitrogens with zero attached hydrogens (tertiary/aromatic N) is 1. The fraction of sp³-hybridized carbons (Fsp3) is 0.571. The molecule has 0 heterocycles. The molecular formula is C14H23N3O2S. The molecule has 0 radical (unpaired) electrons. The minimum absolute atomic E-state index is 0.149. The number of nitrogen functional groups attached to an aromatic ring is 1. The lowest BCUT2D eigenvalue weighted by atomic mass is 9.88. The van der Waals surface area contributed by atoms with Crippen LogP contribution in [0.15, 0.2) is 18.2 Å². The molecule has 0 amide bonds. The highest BCUT2D eigenvalue weighted by atomic mass is 32.2. The number of rotatable bonds is 5. The highest BCUT2D eigenvalue weighted by Crippen LogP contribution is 2.31. The van der Waals surface area contributed by atoms with Gasteiger partial charge in [0.2, 0.25) is 0 Å². The molecule has 1 aliphatic carbocycles. The van der Waals surface area contributed by atoms with E-state index < -0.39 is 10.2 Å². The summed E-state index contributed by atoms with van der Waals surface area (Å²) in [7, 11) is -1.81. The predicted molar refractivity (Wildman–Crippen MR) is 81.5 cm³/mol. The van der Waals surface area contributed by atoms with Gasteiger partial charge in [0.05, 0.1) is 0 Å². The summed E-state index contributed by atoms with van der Waals surface area (Å²) in [5, 5.41) is 0. The van der Waals surface area contributed by atoms with Crippen molar-refractivity contribution < 1.29 is 8.42 Å². The third-order valence-corrected chi connectivity index (χ3v) is 5.31. The van der Waals surface area contributed by atoms with Crippen LogP contribution in [0.3, 0.4) is 0 Å². The number of benzene rings is 1. The fourth-order valence-electron chi connectivity index (χ4n) is 2.66. The van der Waals surface area contributed by atoms with Gasteiger partial charge in [-0.05, 0) is 48.9 Å². The molecule has 1 atom stereocenters. The van der Waals surface area contributed by atoms with Gasteiger partial charge in [0.15, 0.2) is 0 Å². The first-order chi connectivity index (χ1) is 9.44. The van der Waals surface area contributed by atoms with Crippen molar-refractivity contribution in [1.29, 1.82) is 0 Å². The first-order valence-electron chi connectivity index (χ1n) is 7.06. The fourth-order valence-corrected chi connectivity index (χ4v) is 3.87. The molecule has 1 aromatic carbocycles. The van der Waals surface area contributed by atoms with Crippen LogP contribution in [0.5, 0.6) is 0 Å². The summed E-state index contributed by atoms with van der Waals surface area (Å²) < 4.78 is 28.7. The lowest BCUT2D eigenvalue weighted by molar-refractivity contribution is 0.434. The van der Waals surface area contributed by atoms with Gasteiger partial charge in [-0.1, -0.05) is 13.0 Å². The molecule has 0 bridgehead atoms. The highest BCUT2D eigenvalue weighted by Gasteiger charge is 2.26. The molecule has 6 heteroatoms. The molecule has 20 heavy (non-hydrogen) atoms. The minimum Gasteiger partial charge on any atom is -0.399 e. The van der Waals surface area contributed by atoms with Gasteiger partial charge in [-0.15, -0.1) is 0 Å². The Morgan fingerprint density at radius 3 is 2.90 bits per heavy atom. The predicted octanol–water partition coefficient (Wildman–Crippen LogP) is 1.82. The molecule has 0 fully saturated rings. The van der Waals surface area contributed by atoms with Gasteiger partial charge in [0, 0.05) is 25.3 Å². The highest BCUT2D eigenvalue weighted by molar-refractivity contribution is 7.87. The molecule has 2 rings (SSSR count). The van der Waals surface area contributed by atoms with Crippen LogP contribution in [0, 0.1) is 0 Å². The topological polar surface area (TPSA) is 75.4 Å². The summed E-state index contributed by atoms with van der Waals surface area (Å²) in [6.45, 7) is 2.49. The minimum atomic E-state index is -3.42. The van der Waals surface area contributed by atoms with Gasteiger partial charge in [0.1, 0.15) is 0 Å². The SMILES string of the molecule is CCCN(C)S(=O)(=O)NC1CCCc2cc(N)ccc21. The van der Waals surface area contributed by atoms with E-state index in [0.717, 1.165) is 42.5 Å². The van der Waals surface area contributed by atoms with Crippen molar-refractivity contribution in [3.63, 3.8) is 0 Å². The molecule has 1 aliphatic rings. The first-order valence-corrected chi connectivity index (χ1v) is 8.50. The van der Waals surface area contributed by atoms with E-state index in [-0.39, 0.29) is 6.04 Å². The molecule has 0 saturated carbocycles. The average molecular weight is 297 g/mol. The Labute approximate surface area is 121 Å². The maximum atomic E-state index is 12.3. The molecule has 1 aromatic rings. The van der Waals surface area contributed by atoms with Gasteiger partial charge in [0.25, 0.3) is 10.2 Å². The molecule has 0 spiro atoms. The molecule has 0 aromatic heterocycles. The molecule has 3 N–H and O–H groups in total. The van der Waals surface area contributed by atoms with E-state index in [0.29, 0.717) is 6.54 Å². The zero-order chi connectivity index (χ0) is 14.8. The van der Waals surface area contributed by atoms with Crippen LogP contribution >= 0.6 is 0 Å². The standard InChI is InChI=1S/C14H23N3O2S/c1-3-9-17(2)20(18,19)16-14-6-4-5-11-10-12(15)7-8-13(11)14/h7-8,10,14,16H,3-6,9,15H2,1-2H3. The summed E-state index contributed by atoms with van der Waals surface area (Å²) in [4.78, 5) is 0.